The van der Waals surface area contributed by atoms with Gasteiger partial charge in [0.2, 0.25) is 0 Å². The van der Waals surface area contributed by atoms with E-state index in [1.54, 1.807) is 5.32 Å². The molecule has 20 heavy (non-hydrogen) atoms. The number of hydrogen-bond acceptors (Lipinski definition) is 2. The zero-order chi connectivity index (χ0) is 15.6. The van der Waals surface area contributed by atoms with Gasteiger partial charge >= 0.3 is 12.1 Å². The topological polar surface area (TPSA) is 55.1 Å². The third-order valence-electron chi connectivity index (χ3n) is 2.67. The van der Waals surface area contributed by atoms with Crippen LogP contribution in [0.15, 0.2) is 30.9 Å². The fourth-order valence-electron chi connectivity index (χ4n) is 1.65. The summed E-state index contributed by atoms with van der Waals surface area (Å²) < 4.78 is 50.1. The standard InChI is InChI=1S/C13H14F4N2O/c1-3-6-12(2,18)9-7-8(4-5-10(9)14)19-11(20)13(15,16)17/h3-5,7H,1,6,18H2,2H3,(H,19,20)/t12-/m0/s1. The fraction of sp³-hybridized carbons (Fsp3) is 0.308. The first kappa shape index (κ1) is 16.2. The van der Waals surface area contributed by atoms with E-state index in [2.05, 4.69) is 6.58 Å². The lowest BCUT2D eigenvalue weighted by molar-refractivity contribution is -0.167. The normalized spacial score (nSPS) is 14.5. The summed E-state index contributed by atoms with van der Waals surface area (Å²) in [7, 11) is 0. The van der Waals surface area contributed by atoms with Gasteiger partial charge in [-0.1, -0.05) is 6.08 Å². The van der Waals surface area contributed by atoms with Gasteiger partial charge in [0.15, 0.2) is 0 Å². The van der Waals surface area contributed by atoms with Crippen LogP contribution in [0, 0.1) is 5.82 Å². The Morgan fingerprint density at radius 1 is 1.45 bits per heavy atom. The SMILES string of the molecule is C=CC[C@](C)(N)c1cc(NC(=O)C(F)(F)F)ccc1F. The molecule has 0 aliphatic heterocycles. The van der Waals surface area contributed by atoms with Crippen molar-refractivity contribution >= 4 is 11.6 Å². The van der Waals surface area contributed by atoms with Gasteiger partial charge < -0.3 is 11.1 Å². The molecule has 0 aliphatic carbocycles. The number of benzene rings is 1. The molecule has 0 spiro atoms. The maximum Gasteiger partial charge on any atom is 0.471 e. The lowest BCUT2D eigenvalue weighted by Crippen LogP contribution is -2.34. The summed E-state index contributed by atoms with van der Waals surface area (Å²) in [5.74, 6) is -2.79. The predicted molar refractivity (Wildman–Crippen MR) is 67.4 cm³/mol. The molecule has 0 radical (unpaired) electrons. The number of halogens is 4. The highest BCUT2D eigenvalue weighted by molar-refractivity contribution is 5.94. The summed E-state index contributed by atoms with van der Waals surface area (Å²) in [6, 6.07) is 3.07. The van der Waals surface area contributed by atoms with E-state index < -0.39 is 23.4 Å². The van der Waals surface area contributed by atoms with Crippen LogP contribution in [-0.2, 0) is 10.3 Å². The number of rotatable bonds is 4. The molecule has 1 aromatic carbocycles. The van der Waals surface area contributed by atoms with E-state index >= 15 is 0 Å². The minimum Gasteiger partial charge on any atom is -0.321 e. The summed E-state index contributed by atoms with van der Waals surface area (Å²) in [4.78, 5) is 10.8. The highest BCUT2D eigenvalue weighted by Gasteiger charge is 2.38. The Morgan fingerprint density at radius 2 is 2.05 bits per heavy atom. The Hall–Kier alpha value is -1.89. The Balaban J connectivity index is 3.09. The molecule has 0 bridgehead atoms. The van der Waals surface area contributed by atoms with Crippen molar-refractivity contribution in [3.05, 3.63) is 42.2 Å². The van der Waals surface area contributed by atoms with Crippen LogP contribution in [0.3, 0.4) is 0 Å². The predicted octanol–water partition coefficient (Wildman–Crippen LogP) is 3.08. The van der Waals surface area contributed by atoms with Crippen LogP contribution >= 0.6 is 0 Å². The molecule has 0 fully saturated rings. The van der Waals surface area contributed by atoms with E-state index in [-0.39, 0.29) is 17.7 Å². The summed E-state index contributed by atoms with van der Waals surface area (Å²) in [6.07, 6.45) is -3.32. The van der Waals surface area contributed by atoms with Crippen molar-refractivity contribution in [3.63, 3.8) is 0 Å². The molecule has 0 aliphatic rings. The lowest BCUT2D eigenvalue weighted by Gasteiger charge is -2.25. The number of anilines is 1. The highest BCUT2D eigenvalue weighted by Crippen LogP contribution is 2.28. The van der Waals surface area contributed by atoms with Gasteiger partial charge in [-0.3, -0.25) is 4.79 Å². The average molecular weight is 290 g/mol. The van der Waals surface area contributed by atoms with Crippen molar-refractivity contribution in [2.45, 2.75) is 25.1 Å². The molecule has 3 N–H and O–H groups in total. The monoisotopic (exact) mass is 290 g/mol. The second-order valence-corrected chi connectivity index (χ2v) is 4.56. The number of carbonyl (C=O) groups excluding carboxylic acids is 1. The van der Waals surface area contributed by atoms with Gasteiger partial charge in [-0.15, -0.1) is 6.58 Å². The molecule has 1 rings (SSSR count). The van der Waals surface area contributed by atoms with E-state index in [9.17, 15) is 22.4 Å². The van der Waals surface area contributed by atoms with Crippen LogP contribution in [0.25, 0.3) is 0 Å². The van der Waals surface area contributed by atoms with E-state index in [4.69, 9.17) is 5.73 Å². The maximum absolute atomic E-state index is 13.7. The van der Waals surface area contributed by atoms with Crippen molar-refractivity contribution in [2.75, 3.05) is 5.32 Å². The van der Waals surface area contributed by atoms with E-state index in [1.165, 1.54) is 13.0 Å². The smallest absolute Gasteiger partial charge is 0.321 e. The minimum atomic E-state index is -5.01. The second kappa shape index (κ2) is 5.62. The van der Waals surface area contributed by atoms with Crippen LogP contribution in [0.2, 0.25) is 0 Å². The minimum absolute atomic E-state index is 0.00243. The number of alkyl halides is 3. The molecule has 1 atom stereocenters. The molecule has 0 aromatic heterocycles. The third-order valence-corrected chi connectivity index (χ3v) is 2.67. The van der Waals surface area contributed by atoms with Crippen molar-refractivity contribution in [3.8, 4) is 0 Å². The van der Waals surface area contributed by atoms with Crippen molar-refractivity contribution in [1.82, 2.24) is 0 Å². The summed E-state index contributed by atoms with van der Waals surface area (Å²) in [6.45, 7) is 5.00. The fourth-order valence-corrected chi connectivity index (χ4v) is 1.65. The zero-order valence-corrected chi connectivity index (χ0v) is 10.7. The molecule has 1 aromatic rings. The van der Waals surface area contributed by atoms with Gasteiger partial charge in [0, 0.05) is 16.8 Å². The Bertz CT molecular complexity index is 524. The molecule has 0 saturated heterocycles. The van der Waals surface area contributed by atoms with Crippen LogP contribution in [-0.4, -0.2) is 12.1 Å². The molecule has 0 heterocycles. The summed E-state index contributed by atoms with van der Waals surface area (Å²) in [5, 5.41) is 1.65. The van der Waals surface area contributed by atoms with Crippen LogP contribution < -0.4 is 11.1 Å². The van der Waals surface area contributed by atoms with Gasteiger partial charge in [0.05, 0.1) is 0 Å². The van der Waals surface area contributed by atoms with Gasteiger partial charge in [-0.25, -0.2) is 4.39 Å². The maximum atomic E-state index is 13.7. The van der Waals surface area contributed by atoms with Crippen LogP contribution in [0.5, 0.6) is 0 Å². The zero-order valence-electron chi connectivity index (χ0n) is 10.7. The van der Waals surface area contributed by atoms with Gasteiger partial charge in [-0.05, 0) is 31.5 Å². The van der Waals surface area contributed by atoms with E-state index in [0.29, 0.717) is 0 Å². The summed E-state index contributed by atoms with van der Waals surface area (Å²) in [5.41, 5.74) is 4.58. The molecule has 3 nitrogen and oxygen atoms in total. The average Bonchev–Trinajstić information content (AvgIpc) is 2.30. The van der Waals surface area contributed by atoms with Gasteiger partial charge in [0.25, 0.3) is 0 Å². The van der Waals surface area contributed by atoms with Gasteiger partial charge in [-0.2, -0.15) is 13.2 Å². The third kappa shape index (κ3) is 3.80. The Labute approximate surface area is 113 Å². The number of nitrogens with one attached hydrogen (secondary N) is 1. The van der Waals surface area contributed by atoms with Crippen molar-refractivity contribution in [1.29, 1.82) is 0 Å². The van der Waals surface area contributed by atoms with Crippen LogP contribution in [0.4, 0.5) is 23.2 Å². The largest absolute Gasteiger partial charge is 0.471 e. The first-order valence-electron chi connectivity index (χ1n) is 5.66. The number of nitrogens with two attached hydrogens (primary N) is 1. The molecule has 1 amide bonds. The Kier molecular flexibility index (Phi) is 4.54. The first-order chi connectivity index (χ1) is 9.08. The highest BCUT2D eigenvalue weighted by atomic mass is 19.4. The number of hydrogen-bond donors (Lipinski definition) is 2. The van der Waals surface area contributed by atoms with E-state index in [0.717, 1.165) is 18.2 Å². The van der Waals surface area contributed by atoms with E-state index in [1.807, 2.05) is 0 Å². The lowest BCUT2D eigenvalue weighted by atomic mass is 9.89. The van der Waals surface area contributed by atoms with Crippen LogP contribution in [0.1, 0.15) is 18.9 Å². The quantitative estimate of drug-likeness (QED) is 0.661. The van der Waals surface area contributed by atoms with Gasteiger partial charge in [0.1, 0.15) is 5.82 Å². The molecule has 110 valence electrons. The molecule has 0 saturated carbocycles. The molecular weight excluding hydrogens is 276 g/mol. The number of carbonyl (C=O) groups is 1. The number of amides is 1. The molecular formula is C13H14F4N2O. The van der Waals surface area contributed by atoms with Crippen molar-refractivity contribution < 1.29 is 22.4 Å². The molecule has 7 heteroatoms. The molecule has 0 unspecified atom stereocenters. The second-order valence-electron chi connectivity index (χ2n) is 4.56. The van der Waals surface area contributed by atoms with Crippen molar-refractivity contribution in [2.24, 2.45) is 5.73 Å². The Morgan fingerprint density at radius 3 is 2.55 bits per heavy atom. The first-order valence-corrected chi connectivity index (χ1v) is 5.66. The summed E-state index contributed by atoms with van der Waals surface area (Å²) >= 11 is 0.